The van der Waals surface area contributed by atoms with E-state index in [1.165, 1.54) is 5.57 Å². The lowest BCUT2D eigenvalue weighted by Gasteiger charge is -2.35. The molecule has 1 heterocycles. The molecule has 1 aromatic rings. The summed E-state index contributed by atoms with van der Waals surface area (Å²) in [5.41, 5.74) is 3.31. The second kappa shape index (κ2) is 3.69. The minimum Gasteiger partial charge on any atom is -0.481 e. The molecule has 3 heteroatoms. The highest BCUT2D eigenvalue weighted by atomic mass is 16.5. The normalized spacial score (nSPS) is 26.6. The van der Waals surface area contributed by atoms with Crippen molar-refractivity contribution in [1.29, 1.82) is 0 Å². The van der Waals surface area contributed by atoms with Crippen molar-refractivity contribution in [2.24, 2.45) is 5.92 Å². The molecule has 1 fully saturated rings. The van der Waals surface area contributed by atoms with Gasteiger partial charge in [0.25, 0.3) is 0 Å². The molecule has 1 aromatic heterocycles. The standard InChI is InChI=1S/C14H15NO2/c1-8-5-9-7-12-10(11(6-8)14(9)16)3-4-13(15-12)17-2/h3-4,9,11H,1,5-7H2,2H3. The van der Waals surface area contributed by atoms with Crippen LogP contribution in [0, 0.1) is 5.92 Å². The highest BCUT2D eigenvalue weighted by molar-refractivity contribution is 5.91. The Morgan fingerprint density at radius 2 is 2.18 bits per heavy atom. The molecular weight excluding hydrogens is 214 g/mol. The van der Waals surface area contributed by atoms with Crippen LogP contribution in [-0.2, 0) is 11.2 Å². The molecule has 2 aliphatic rings. The molecule has 0 aromatic carbocycles. The number of allylic oxidation sites excluding steroid dienone is 1. The summed E-state index contributed by atoms with van der Waals surface area (Å²) in [5.74, 6) is 1.09. The van der Waals surface area contributed by atoms with Gasteiger partial charge in [-0.3, -0.25) is 4.79 Å². The third-order valence-corrected chi connectivity index (χ3v) is 3.78. The number of Topliss-reactive ketones (excluding diaryl/α,β-unsaturated/α-hetero) is 1. The van der Waals surface area contributed by atoms with Gasteiger partial charge in [0, 0.05) is 30.0 Å². The van der Waals surface area contributed by atoms with E-state index < -0.39 is 0 Å². The van der Waals surface area contributed by atoms with Gasteiger partial charge in [0.15, 0.2) is 0 Å². The van der Waals surface area contributed by atoms with Crippen LogP contribution in [-0.4, -0.2) is 17.9 Å². The Morgan fingerprint density at radius 1 is 1.35 bits per heavy atom. The Morgan fingerprint density at radius 3 is 2.94 bits per heavy atom. The van der Waals surface area contributed by atoms with Crippen molar-refractivity contribution in [1.82, 2.24) is 4.98 Å². The van der Waals surface area contributed by atoms with Gasteiger partial charge >= 0.3 is 0 Å². The van der Waals surface area contributed by atoms with Crippen LogP contribution in [0.2, 0.25) is 0 Å². The molecule has 1 saturated carbocycles. The smallest absolute Gasteiger partial charge is 0.213 e. The number of ether oxygens (including phenoxy) is 1. The number of nitrogens with zero attached hydrogens (tertiary/aromatic N) is 1. The highest BCUT2D eigenvalue weighted by Gasteiger charge is 2.39. The highest BCUT2D eigenvalue weighted by Crippen LogP contribution is 2.42. The van der Waals surface area contributed by atoms with Gasteiger partial charge in [-0.05, 0) is 18.4 Å². The van der Waals surface area contributed by atoms with Gasteiger partial charge in [-0.1, -0.05) is 18.2 Å². The zero-order valence-electron chi connectivity index (χ0n) is 9.90. The molecule has 17 heavy (non-hydrogen) atoms. The summed E-state index contributed by atoms with van der Waals surface area (Å²) in [6.45, 7) is 4.04. The Labute approximate surface area is 101 Å². The summed E-state index contributed by atoms with van der Waals surface area (Å²) in [4.78, 5) is 16.6. The minimum absolute atomic E-state index is 0.0107. The van der Waals surface area contributed by atoms with Crippen LogP contribution in [0.25, 0.3) is 0 Å². The fraction of sp³-hybridized carbons (Fsp3) is 0.429. The number of aromatic nitrogens is 1. The number of ketones is 1. The number of hydrogen-bond acceptors (Lipinski definition) is 3. The van der Waals surface area contributed by atoms with Crippen molar-refractivity contribution in [2.75, 3.05) is 7.11 Å². The maximum atomic E-state index is 12.2. The predicted molar refractivity (Wildman–Crippen MR) is 64.1 cm³/mol. The van der Waals surface area contributed by atoms with Crippen LogP contribution in [0.15, 0.2) is 24.3 Å². The van der Waals surface area contributed by atoms with Crippen molar-refractivity contribution < 1.29 is 9.53 Å². The molecule has 88 valence electrons. The van der Waals surface area contributed by atoms with Crippen LogP contribution in [0.3, 0.4) is 0 Å². The third-order valence-electron chi connectivity index (χ3n) is 3.78. The lowest BCUT2D eigenvalue weighted by atomic mass is 9.68. The van der Waals surface area contributed by atoms with Crippen molar-refractivity contribution in [3.8, 4) is 5.88 Å². The lowest BCUT2D eigenvalue weighted by molar-refractivity contribution is -0.126. The van der Waals surface area contributed by atoms with Crippen LogP contribution in [0.1, 0.15) is 30.0 Å². The van der Waals surface area contributed by atoms with Gasteiger partial charge < -0.3 is 4.74 Å². The second-order valence-electron chi connectivity index (χ2n) is 4.90. The number of fused-ring (bicyclic) bond motifs is 4. The summed E-state index contributed by atoms with van der Waals surface area (Å²) in [7, 11) is 1.62. The zero-order chi connectivity index (χ0) is 12.0. The van der Waals surface area contributed by atoms with E-state index in [1.807, 2.05) is 12.1 Å². The van der Waals surface area contributed by atoms with E-state index in [-0.39, 0.29) is 11.8 Å². The van der Waals surface area contributed by atoms with E-state index in [4.69, 9.17) is 4.74 Å². The quantitative estimate of drug-likeness (QED) is 0.693. The maximum absolute atomic E-state index is 12.2. The summed E-state index contributed by atoms with van der Waals surface area (Å²) in [5, 5.41) is 0. The van der Waals surface area contributed by atoms with Gasteiger partial charge in [0.2, 0.25) is 5.88 Å². The average molecular weight is 229 g/mol. The van der Waals surface area contributed by atoms with Crippen LogP contribution in [0.5, 0.6) is 5.88 Å². The first kappa shape index (κ1) is 10.5. The Bertz CT molecular complexity index is 507. The number of carbonyl (C=O) groups is 1. The summed E-state index contributed by atoms with van der Waals surface area (Å²) in [6, 6.07) is 3.82. The van der Waals surface area contributed by atoms with Crippen LogP contribution < -0.4 is 4.74 Å². The monoisotopic (exact) mass is 229 g/mol. The number of methoxy groups -OCH3 is 1. The lowest BCUT2D eigenvalue weighted by Crippen LogP contribution is -2.35. The minimum atomic E-state index is -0.0107. The molecule has 0 N–H and O–H groups in total. The topological polar surface area (TPSA) is 39.2 Å². The number of hydrogen-bond donors (Lipinski definition) is 0. The van der Waals surface area contributed by atoms with Gasteiger partial charge in [-0.15, -0.1) is 0 Å². The van der Waals surface area contributed by atoms with E-state index in [1.54, 1.807) is 7.11 Å². The summed E-state index contributed by atoms with van der Waals surface area (Å²) in [6.07, 6.45) is 2.35. The van der Waals surface area contributed by atoms with Crippen molar-refractivity contribution in [2.45, 2.75) is 25.2 Å². The van der Waals surface area contributed by atoms with Crippen molar-refractivity contribution in [3.63, 3.8) is 0 Å². The molecule has 2 unspecified atom stereocenters. The van der Waals surface area contributed by atoms with Gasteiger partial charge in [-0.2, -0.15) is 0 Å². The molecule has 0 spiro atoms. The summed E-state index contributed by atoms with van der Waals surface area (Å²) >= 11 is 0. The molecular formula is C14H15NO2. The fourth-order valence-corrected chi connectivity index (χ4v) is 2.96. The van der Waals surface area contributed by atoms with E-state index in [2.05, 4.69) is 11.6 Å². The van der Waals surface area contributed by atoms with E-state index >= 15 is 0 Å². The first-order valence-corrected chi connectivity index (χ1v) is 5.93. The van der Waals surface area contributed by atoms with Crippen molar-refractivity contribution >= 4 is 5.78 Å². The van der Waals surface area contributed by atoms with Gasteiger partial charge in [-0.25, -0.2) is 4.98 Å². The van der Waals surface area contributed by atoms with Gasteiger partial charge in [0.1, 0.15) is 5.78 Å². The average Bonchev–Trinajstić information content (AvgIpc) is 2.31. The maximum Gasteiger partial charge on any atom is 0.213 e. The molecule has 2 aliphatic carbocycles. The molecule has 3 rings (SSSR count). The Balaban J connectivity index is 2.08. The third kappa shape index (κ3) is 1.57. The molecule has 0 radical (unpaired) electrons. The second-order valence-corrected chi connectivity index (χ2v) is 4.90. The Hall–Kier alpha value is -1.64. The molecule has 3 nitrogen and oxygen atoms in total. The molecule has 0 saturated heterocycles. The SMILES string of the molecule is C=C1CC2Cc3nc(OC)ccc3C(C1)C2=O. The molecule has 0 amide bonds. The van der Waals surface area contributed by atoms with Gasteiger partial charge in [0.05, 0.1) is 7.11 Å². The van der Waals surface area contributed by atoms with Crippen LogP contribution >= 0.6 is 0 Å². The molecule has 2 atom stereocenters. The summed E-state index contributed by atoms with van der Waals surface area (Å²) < 4.78 is 5.14. The van der Waals surface area contributed by atoms with E-state index in [0.717, 1.165) is 30.5 Å². The molecule has 2 bridgehead atoms. The first-order valence-electron chi connectivity index (χ1n) is 5.93. The Kier molecular flexibility index (Phi) is 2.28. The first-order chi connectivity index (χ1) is 8.19. The number of rotatable bonds is 1. The predicted octanol–water partition coefficient (Wildman–Crippen LogP) is 2.27. The largest absolute Gasteiger partial charge is 0.481 e. The number of carbonyl (C=O) groups excluding carboxylic acids is 1. The van der Waals surface area contributed by atoms with E-state index in [9.17, 15) is 4.79 Å². The number of pyridine rings is 1. The van der Waals surface area contributed by atoms with Crippen LogP contribution in [0.4, 0.5) is 0 Å². The van der Waals surface area contributed by atoms with Crippen molar-refractivity contribution in [3.05, 3.63) is 35.5 Å². The van der Waals surface area contributed by atoms with E-state index in [0.29, 0.717) is 11.7 Å². The fourth-order valence-electron chi connectivity index (χ4n) is 2.96. The molecule has 0 aliphatic heterocycles. The zero-order valence-corrected chi connectivity index (χ0v) is 9.90.